The molecule has 0 amide bonds. The van der Waals surface area contributed by atoms with Crippen LogP contribution in [0.1, 0.15) is 31.4 Å². The average Bonchev–Trinajstić information content (AvgIpc) is 3.52. The highest BCUT2D eigenvalue weighted by Gasteiger charge is 2.63. The van der Waals surface area contributed by atoms with Crippen LogP contribution < -0.4 is 16.4 Å². The van der Waals surface area contributed by atoms with E-state index in [0.29, 0.717) is 15.7 Å². The zero-order valence-corrected chi connectivity index (χ0v) is 18.1. The van der Waals surface area contributed by atoms with Gasteiger partial charge in [0.1, 0.15) is 16.5 Å². The van der Waals surface area contributed by atoms with Crippen molar-refractivity contribution in [2.45, 2.75) is 53.9 Å². The minimum absolute atomic E-state index is 0.0469. The molecule has 5 N–H and O–H groups in total. The molecule has 2 spiro atoms. The number of aromatic nitrogens is 3. The fourth-order valence-electron chi connectivity index (χ4n) is 4.68. The fraction of sp³-hybridized carbons (Fsp3) is 0.550. The SMILES string of the molecule is Nc1nccc(Sc2cnc(N3CCC4(CC3)COC3(CC3)[C@H]4N)c(CO)n2)c1Cl. The molecule has 1 saturated carbocycles. The molecule has 5 rings (SSSR count). The fourth-order valence-corrected chi connectivity index (χ4v) is 5.71. The Kier molecular flexibility index (Phi) is 5.06. The summed E-state index contributed by atoms with van der Waals surface area (Å²) in [6.07, 6.45) is 7.42. The maximum atomic E-state index is 9.93. The van der Waals surface area contributed by atoms with Gasteiger partial charge in [-0.1, -0.05) is 23.4 Å². The van der Waals surface area contributed by atoms with E-state index in [4.69, 9.17) is 27.8 Å². The summed E-state index contributed by atoms with van der Waals surface area (Å²) in [6.45, 7) is 2.23. The lowest BCUT2D eigenvalue weighted by Gasteiger charge is -2.42. The number of aliphatic hydroxyl groups is 1. The monoisotopic (exact) mass is 448 g/mol. The van der Waals surface area contributed by atoms with E-state index < -0.39 is 0 Å². The summed E-state index contributed by atoms with van der Waals surface area (Å²) in [5.41, 5.74) is 12.9. The predicted octanol–water partition coefficient (Wildman–Crippen LogP) is 2.23. The first-order valence-electron chi connectivity index (χ1n) is 10.2. The number of pyridine rings is 1. The van der Waals surface area contributed by atoms with E-state index in [2.05, 4.69) is 19.9 Å². The van der Waals surface area contributed by atoms with Gasteiger partial charge in [-0.3, -0.25) is 0 Å². The highest BCUT2D eigenvalue weighted by Crippen LogP contribution is 2.56. The summed E-state index contributed by atoms with van der Waals surface area (Å²) >= 11 is 7.58. The van der Waals surface area contributed by atoms with Crippen molar-refractivity contribution in [3.8, 4) is 0 Å². The number of hydrogen-bond acceptors (Lipinski definition) is 9. The van der Waals surface area contributed by atoms with Crippen molar-refractivity contribution in [3.05, 3.63) is 29.2 Å². The highest BCUT2D eigenvalue weighted by molar-refractivity contribution is 7.99. The van der Waals surface area contributed by atoms with E-state index in [1.807, 2.05) is 0 Å². The van der Waals surface area contributed by atoms with Crippen LogP contribution in [0.25, 0.3) is 0 Å². The Morgan fingerprint density at radius 2 is 2.03 bits per heavy atom. The number of nitrogens with two attached hydrogens (primary N) is 2. The summed E-state index contributed by atoms with van der Waals surface area (Å²) in [4.78, 5) is 16.1. The van der Waals surface area contributed by atoms with E-state index >= 15 is 0 Å². The van der Waals surface area contributed by atoms with Crippen LogP contribution in [0.15, 0.2) is 28.4 Å². The van der Waals surface area contributed by atoms with Crippen molar-refractivity contribution in [1.29, 1.82) is 0 Å². The predicted molar refractivity (Wildman–Crippen MR) is 116 cm³/mol. The third-order valence-electron chi connectivity index (χ3n) is 6.72. The van der Waals surface area contributed by atoms with Crippen molar-refractivity contribution >= 4 is 35.0 Å². The van der Waals surface area contributed by atoms with Gasteiger partial charge < -0.3 is 26.2 Å². The minimum atomic E-state index is -0.184. The number of hydrogen-bond donors (Lipinski definition) is 3. The van der Waals surface area contributed by atoms with Gasteiger partial charge >= 0.3 is 0 Å². The minimum Gasteiger partial charge on any atom is -0.390 e. The Morgan fingerprint density at radius 3 is 2.70 bits per heavy atom. The third kappa shape index (κ3) is 3.33. The number of rotatable bonds is 4. The van der Waals surface area contributed by atoms with E-state index in [1.54, 1.807) is 18.5 Å². The molecule has 8 nitrogen and oxygen atoms in total. The third-order valence-corrected chi connectivity index (χ3v) is 8.20. The lowest BCUT2D eigenvalue weighted by atomic mass is 9.72. The first-order chi connectivity index (χ1) is 14.5. The van der Waals surface area contributed by atoms with Crippen LogP contribution in [0, 0.1) is 5.41 Å². The molecule has 0 unspecified atom stereocenters. The Labute approximate surface area is 184 Å². The summed E-state index contributed by atoms with van der Waals surface area (Å²) in [5, 5.41) is 11.0. The normalized spacial score (nSPS) is 24.0. The van der Waals surface area contributed by atoms with Crippen LogP contribution in [0.2, 0.25) is 5.02 Å². The number of nitrogen functional groups attached to an aromatic ring is 1. The topological polar surface area (TPSA) is 123 Å². The molecule has 3 fully saturated rings. The zero-order valence-electron chi connectivity index (χ0n) is 16.6. The van der Waals surface area contributed by atoms with Crippen molar-refractivity contribution in [2.75, 3.05) is 30.3 Å². The summed E-state index contributed by atoms with van der Waals surface area (Å²) < 4.78 is 6.09. The molecule has 0 bridgehead atoms. The van der Waals surface area contributed by atoms with Gasteiger partial charge in [0, 0.05) is 35.6 Å². The molecule has 1 atom stereocenters. The molecule has 160 valence electrons. The maximum absolute atomic E-state index is 9.93. The van der Waals surface area contributed by atoms with Crippen LogP contribution in [0.3, 0.4) is 0 Å². The van der Waals surface area contributed by atoms with Gasteiger partial charge in [-0.15, -0.1) is 0 Å². The number of halogens is 1. The summed E-state index contributed by atoms with van der Waals surface area (Å²) in [7, 11) is 0. The zero-order chi connectivity index (χ0) is 20.9. The second-order valence-corrected chi connectivity index (χ2v) is 9.87. The van der Waals surface area contributed by atoms with Crippen molar-refractivity contribution in [1.82, 2.24) is 15.0 Å². The summed E-state index contributed by atoms with van der Waals surface area (Å²) in [5.74, 6) is 1.00. The van der Waals surface area contributed by atoms with Gasteiger partial charge in [0.15, 0.2) is 5.82 Å². The van der Waals surface area contributed by atoms with E-state index in [0.717, 1.165) is 56.1 Å². The van der Waals surface area contributed by atoms with Gasteiger partial charge in [-0.2, -0.15) is 0 Å². The van der Waals surface area contributed by atoms with E-state index in [-0.39, 0.29) is 29.5 Å². The van der Waals surface area contributed by atoms with Gasteiger partial charge in [0.2, 0.25) is 0 Å². The number of ether oxygens (including phenoxy) is 1. The molecule has 30 heavy (non-hydrogen) atoms. The van der Waals surface area contributed by atoms with Crippen LogP contribution in [0.4, 0.5) is 11.6 Å². The molecule has 2 aromatic rings. The quantitative estimate of drug-likeness (QED) is 0.645. The molecule has 2 aliphatic heterocycles. The molecule has 4 heterocycles. The molecule has 2 aromatic heterocycles. The van der Waals surface area contributed by atoms with Crippen molar-refractivity contribution in [2.24, 2.45) is 11.1 Å². The molecule has 10 heteroatoms. The molecule has 3 aliphatic rings. The Balaban J connectivity index is 1.31. The number of piperidine rings is 1. The largest absolute Gasteiger partial charge is 0.390 e. The highest BCUT2D eigenvalue weighted by atomic mass is 35.5. The van der Waals surface area contributed by atoms with Gasteiger partial charge in [-0.25, -0.2) is 15.0 Å². The molecule has 0 radical (unpaired) electrons. The molecule has 2 saturated heterocycles. The lowest BCUT2D eigenvalue weighted by Crippen LogP contribution is -2.52. The van der Waals surface area contributed by atoms with Gasteiger partial charge in [-0.05, 0) is 31.7 Å². The Morgan fingerprint density at radius 1 is 1.27 bits per heavy atom. The van der Waals surface area contributed by atoms with Crippen molar-refractivity contribution in [3.63, 3.8) is 0 Å². The first-order valence-corrected chi connectivity index (χ1v) is 11.3. The van der Waals surface area contributed by atoms with Crippen LogP contribution in [-0.2, 0) is 11.3 Å². The molecule has 1 aliphatic carbocycles. The Bertz CT molecular complexity index is 964. The van der Waals surface area contributed by atoms with Crippen LogP contribution in [0.5, 0.6) is 0 Å². The van der Waals surface area contributed by atoms with Crippen LogP contribution >= 0.6 is 23.4 Å². The first kappa shape index (κ1) is 20.3. The van der Waals surface area contributed by atoms with Crippen LogP contribution in [-0.4, -0.2) is 51.4 Å². The van der Waals surface area contributed by atoms with E-state index in [1.165, 1.54) is 11.8 Å². The maximum Gasteiger partial charge on any atom is 0.152 e. The van der Waals surface area contributed by atoms with E-state index in [9.17, 15) is 5.11 Å². The average molecular weight is 449 g/mol. The second-order valence-electron chi connectivity index (χ2n) is 8.43. The standard InChI is InChI=1S/C20H25ClN6O2S/c21-15-13(1-6-24-16(15)22)30-14-9-25-17(12(10-28)26-14)27-7-4-19(5-8-27)11-29-20(2-3-20)18(19)23/h1,6,9,18,28H,2-5,7-8,10-11,23H2,(H2,22,24)/t18-/m0/s1. The number of aliphatic hydroxyl groups excluding tert-OH is 1. The van der Waals surface area contributed by atoms with Gasteiger partial charge in [0.05, 0.1) is 30.0 Å². The van der Waals surface area contributed by atoms with Gasteiger partial charge in [0.25, 0.3) is 0 Å². The number of anilines is 2. The number of nitrogens with zero attached hydrogens (tertiary/aromatic N) is 4. The second kappa shape index (κ2) is 7.49. The van der Waals surface area contributed by atoms with Crippen molar-refractivity contribution < 1.29 is 9.84 Å². The lowest BCUT2D eigenvalue weighted by molar-refractivity contribution is 0.0721. The molecular formula is C20H25ClN6O2S. The summed E-state index contributed by atoms with van der Waals surface area (Å²) in [6, 6.07) is 1.90. The smallest absolute Gasteiger partial charge is 0.152 e. The molecule has 0 aromatic carbocycles. The molecular weight excluding hydrogens is 424 g/mol. The Hall–Kier alpha value is -1.65.